The zero-order chi connectivity index (χ0) is 18.8. The number of carbonyl (C=O) groups excluding carboxylic acids is 1. The minimum atomic E-state index is -0.481. The Morgan fingerprint density at radius 3 is 2.58 bits per heavy atom. The lowest BCUT2D eigenvalue weighted by Crippen LogP contribution is -2.20. The fourth-order valence-electron chi connectivity index (χ4n) is 2.72. The van der Waals surface area contributed by atoms with Crippen molar-refractivity contribution in [2.75, 3.05) is 11.1 Å². The van der Waals surface area contributed by atoms with E-state index < -0.39 is 5.69 Å². The molecule has 1 aromatic carbocycles. The minimum Gasteiger partial charge on any atom is -0.325 e. The third-order valence-corrected chi connectivity index (χ3v) is 4.84. The number of anilines is 1. The van der Waals surface area contributed by atoms with Crippen LogP contribution in [0.15, 0.2) is 40.4 Å². The molecule has 2 heterocycles. The molecule has 1 amide bonds. The predicted molar refractivity (Wildman–Crippen MR) is 104 cm³/mol. The number of nitrogens with one attached hydrogen (secondary N) is 1. The Kier molecular flexibility index (Phi) is 5.29. The van der Waals surface area contributed by atoms with Crippen molar-refractivity contribution in [3.05, 3.63) is 62.7 Å². The largest absolute Gasteiger partial charge is 0.355 e. The van der Waals surface area contributed by atoms with Gasteiger partial charge in [0.1, 0.15) is 5.65 Å². The van der Waals surface area contributed by atoms with Gasteiger partial charge in [-0.2, -0.15) is 4.98 Å². The second kappa shape index (κ2) is 7.47. The van der Waals surface area contributed by atoms with E-state index in [0.717, 1.165) is 34.1 Å². The first kappa shape index (κ1) is 18.4. The van der Waals surface area contributed by atoms with Gasteiger partial charge in [-0.05, 0) is 44.0 Å². The van der Waals surface area contributed by atoms with E-state index in [1.165, 1.54) is 10.6 Å². The molecular weight excluding hydrogens is 372 g/mol. The van der Waals surface area contributed by atoms with Crippen molar-refractivity contribution in [2.24, 2.45) is 0 Å². The summed E-state index contributed by atoms with van der Waals surface area (Å²) in [6.07, 6.45) is 1.46. The van der Waals surface area contributed by atoms with E-state index in [-0.39, 0.29) is 16.8 Å². The van der Waals surface area contributed by atoms with Gasteiger partial charge in [0.15, 0.2) is 5.16 Å². The predicted octanol–water partition coefficient (Wildman–Crippen LogP) is 3.40. The number of hydrogen-bond donors (Lipinski definition) is 1. The van der Waals surface area contributed by atoms with Crippen LogP contribution < -0.4 is 11.0 Å². The first-order chi connectivity index (χ1) is 12.3. The summed E-state index contributed by atoms with van der Waals surface area (Å²) in [5.41, 5.74) is 3.94. The number of benzene rings is 1. The topological polar surface area (TPSA) is 76.4 Å². The van der Waals surface area contributed by atoms with Crippen LogP contribution >= 0.6 is 23.4 Å². The second-order valence-corrected chi connectivity index (χ2v) is 7.35. The van der Waals surface area contributed by atoms with E-state index in [9.17, 15) is 9.59 Å². The molecule has 26 heavy (non-hydrogen) atoms. The third kappa shape index (κ3) is 4.05. The van der Waals surface area contributed by atoms with Gasteiger partial charge >= 0.3 is 5.69 Å². The van der Waals surface area contributed by atoms with Gasteiger partial charge in [0.2, 0.25) is 5.91 Å². The summed E-state index contributed by atoms with van der Waals surface area (Å²) in [6.45, 7) is 5.94. The standard InChI is InChI=1S/C18H17ClN4O2S/c1-10-6-11(2)16(12(3)7-10)21-15(24)9-26-17-20-14-5-4-13(19)8-23(14)18(25)22-17/h4-8H,9H2,1-3H3,(H,21,24). The average molecular weight is 389 g/mol. The normalized spacial score (nSPS) is 10.9. The van der Waals surface area contributed by atoms with E-state index in [2.05, 4.69) is 15.3 Å². The zero-order valence-corrected chi connectivity index (χ0v) is 16.1. The van der Waals surface area contributed by atoms with Gasteiger partial charge in [-0.25, -0.2) is 14.2 Å². The fraction of sp³-hybridized carbons (Fsp3) is 0.222. The van der Waals surface area contributed by atoms with Gasteiger partial charge in [-0.15, -0.1) is 0 Å². The lowest BCUT2D eigenvalue weighted by molar-refractivity contribution is -0.113. The molecule has 134 valence electrons. The summed E-state index contributed by atoms with van der Waals surface area (Å²) in [5, 5.41) is 3.60. The third-order valence-electron chi connectivity index (χ3n) is 3.77. The van der Waals surface area contributed by atoms with Crippen molar-refractivity contribution in [1.82, 2.24) is 14.4 Å². The highest BCUT2D eigenvalue weighted by molar-refractivity contribution is 7.99. The first-order valence-corrected chi connectivity index (χ1v) is 9.26. The van der Waals surface area contributed by atoms with Crippen LogP contribution in [-0.4, -0.2) is 26.0 Å². The van der Waals surface area contributed by atoms with E-state index in [1.807, 2.05) is 32.9 Å². The van der Waals surface area contributed by atoms with Crippen LogP contribution in [0.4, 0.5) is 5.69 Å². The van der Waals surface area contributed by atoms with Crippen LogP contribution in [0, 0.1) is 20.8 Å². The molecule has 0 fully saturated rings. The maximum absolute atomic E-state index is 12.3. The summed E-state index contributed by atoms with van der Waals surface area (Å²) in [7, 11) is 0. The molecule has 0 unspecified atom stereocenters. The van der Waals surface area contributed by atoms with Crippen LogP contribution in [0.25, 0.3) is 5.65 Å². The minimum absolute atomic E-state index is 0.107. The average Bonchev–Trinajstić information content (AvgIpc) is 2.57. The number of pyridine rings is 1. The lowest BCUT2D eigenvalue weighted by atomic mass is 10.1. The summed E-state index contributed by atoms with van der Waals surface area (Å²) in [5.74, 6) is -0.0689. The molecule has 0 saturated heterocycles. The van der Waals surface area contributed by atoms with E-state index in [1.54, 1.807) is 12.1 Å². The number of amides is 1. The Morgan fingerprint density at radius 2 is 1.88 bits per heavy atom. The molecule has 0 aliphatic heterocycles. The van der Waals surface area contributed by atoms with Crippen molar-refractivity contribution in [2.45, 2.75) is 25.9 Å². The Hall–Kier alpha value is -2.38. The summed E-state index contributed by atoms with van der Waals surface area (Å²) in [4.78, 5) is 32.5. The first-order valence-electron chi connectivity index (χ1n) is 7.90. The molecule has 0 aliphatic rings. The summed E-state index contributed by atoms with van der Waals surface area (Å²) in [6, 6.07) is 7.32. The maximum Gasteiger partial charge on any atom is 0.355 e. The Bertz CT molecular complexity index is 1040. The van der Waals surface area contributed by atoms with Gasteiger partial charge in [0.05, 0.1) is 10.8 Å². The lowest BCUT2D eigenvalue weighted by Gasteiger charge is -2.12. The van der Waals surface area contributed by atoms with Crippen molar-refractivity contribution in [1.29, 1.82) is 0 Å². The van der Waals surface area contributed by atoms with E-state index in [4.69, 9.17) is 11.6 Å². The van der Waals surface area contributed by atoms with Gasteiger partial charge in [-0.1, -0.05) is 41.1 Å². The van der Waals surface area contributed by atoms with Gasteiger partial charge < -0.3 is 5.32 Å². The molecule has 1 N–H and O–H groups in total. The Morgan fingerprint density at radius 1 is 1.19 bits per heavy atom. The van der Waals surface area contributed by atoms with Crippen molar-refractivity contribution < 1.29 is 4.79 Å². The van der Waals surface area contributed by atoms with Crippen LogP contribution in [0.2, 0.25) is 5.02 Å². The highest BCUT2D eigenvalue weighted by Crippen LogP contribution is 2.22. The number of thioether (sulfide) groups is 1. The number of aryl methyl sites for hydroxylation is 3. The molecule has 0 bridgehead atoms. The van der Waals surface area contributed by atoms with Crippen molar-refractivity contribution in [3.8, 4) is 0 Å². The summed E-state index contributed by atoms with van der Waals surface area (Å²) < 4.78 is 1.27. The Labute approximate surface area is 159 Å². The van der Waals surface area contributed by atoms with Crippen LogP contribution in [0.5, 0.6) is 0 Å². The summed E-state index contributed by atoms with van der Waals surface area (Å²) >= 11 is 6.99. The maximum atomic E-state index is 12.3. The molecule has 3 rings (SSSR count). The monoisotopic (exact) mass is 388 g/mol. The highest BCUT2D eigenvalue weighted by atomic mass is 35.5. The van der Waals surface area contributed by atoms with Crippen molar-refractivity contribution in [3.63, 3.8) is 0 Å². The van der Waals surface area contributed by atoms with Crippen LogP contribution in [0.1, 0.15) is 16.7 Å². The smallest absolute Gasteiger partial charge is 0.325 e. The number of carbonyl (C=O) groups is 1. The molecule has 3 aromatic rings. The van der Waals surface area contributed by atoms with Gasteiger partial charge in [0, 0.05) is 11.9 Å². The van der Waals surface area contributed by atoms with Gasteiger partial charge in [-0.3, -0.25) is 4.79 Å². The molecule has 8 heteroatoms. The van der Waals surface area contributed by atoms with E-state index in [0.29, 0.717) is 10.7 Å². The zero-order valence-electron chi connectivity index (χ0n) is 14.5. The van der Waals surface area contributed by atoms with Crippen LogP contribution in [-0.2, 0) is 4.79 Å². The molecular formula is C18H17ClN4O2S. The quantitative estimate of drug-likeness (QED) is 0.693. The molecule has 6 nitrogen and oxygen atoms in total. The molecule has 0 radical (unpaired) electrons. The molecule has 0 spiro atoms. The highest BCUT2D eigenvalue weighted by Gasteiger charge is 2.11. The fourth-order valence-corrected chi connectivity index (χ4v) is 3.51. The number of rotatable bonds is 4. The van der Waals surface area contributed by atoms with Gasteiger partial charge in [0.25, 0.3) is 0 Å². The van der Waals surface area contributed by atoms with Crippen molar-refractivity contribution >= 4 is 40.6 Å². The molecule has 2 aromatic heterocycles. The number of hydrogen-bond acceptors (Lipinski definition) is 5. The number of halogens is 1. The van der Waals surface area contributed by atoms with E-state index >= 15 is 0 Å². The molecule has 0 saturated carbocycles. The number of nitrogens with zero attached hydrogens (tertiary/aromatic N) is 3. The molecule has 0 atom stereocenters. The second-order valence-electron chi connectivity index (χ2n) is 5.97. The van der Waals surface area contributed by atoms with Crippen LogP contribution in [0.3, 0.4) is 0 Å². The number of aromatic nitrogens is 3. The number of fused-ring (bicyclic) bond motifs is 1. The molecule has 0 aliphatic carbocycles. The Balaban J connectivity index is 1.73. The SMILES string of the molecule is Cc1cc(C)c(NC(=O)CSc2nc(=O)n3cc(Cl)ccc3n2)c(C)c1.